The van der Waals surface area contributed by atoms with Crippen LogP contribution < -0.4 is 4.72 Å². The molecule has 0 heterocycles. The van der Waals surface area contributed by atoms with Gasteiger partial charge in [0.05, 0.1) is 13.0 Å². The van der Waals surface area contributed by atoms with E-state index in [4.69, 9.17) is 4.74 Å². The first kappa shape index (κ1) is 19.9. The quantitative estimate of drug-likeness (QED) is 0.608. The maximum Gasteiger partial charge on any atom is 0.308 e. The normalized spacial score (nSPS) is 15.8. The van der Waals surface area contributed by atoms with E-state index in [0.717, 1.165) is 0 Å². The van der Waals surface area contributed by atoms with E-state index in [1.807, 2.05) is 0 Å². The van der Waals surface area contributed by atoms with Gasteiger partial charge < -0.3 is 9.29 Å². The zero-order valence-electron chi connectivity index (χ0n) is 13.8. The number of hydrogen-bond acceptors (Lipinski definition) is 4. The molecule has 1 aromatic carbocycles. The molecule has 0 saturated carbocycles. The lowest BCUT2D eigenvalue weighted by atomic mass is 9.88. The van der Waals surface area contributed by atoms with Crippen molar-refractivity contribution in [1.82, 2.24) is 4.72 Å². The van der Waals surface area contributed by atoms with Gasteiger partial charge in [0.2, 0.25) is 0 Å². The molecule has 1 rings (SSSR count). The lowest BCUT2D eigenvalue weighted by molar-refractivity contribution is -0.145. The average Bonchev–Trinajstić information content (AvgIpc) is 2.46. The molecule has 0 saturated heterocycles. The molecule has 1 aromatic rings. The minimum absolute atomic E-state index is 0.0480. The lowest BCUT2D eigenvalue weighted by Crippen LogP contribution is -2.54. The van der Waals surface area contributed by atoms with Crippen LogP contribution in [0.4, 0.5) is 8.78 Å². The van der Waals surface area contributed by atoms with E-state index >= 15 is 0 Å². The second-order valence-electron chi connectivity index (χ2n) is 6.16. The van der Waals surface area contributed by atoms with E-state index in [0.29, 0.717) is 0 Å². The Morgan fingerprint density at radius 3 is 2.43 bits per heavy atom. The summed E-state index contributed by atoms with van der Waals surface area (Å²) >= 11 is -1.70. The van der Waals surface area contributed by atoms with E-state index in [-0.39, 0.29) is 12.2 Å². The largest absolute Gasteiger partial charge is 0.598 e. The van der Waals surface area contributed by atoms with Crippen molar-refractivity contribution in [3.05, 3.63) is 35.6 Å². The second kappa shape index (κ2) is 8.08. The minimum atomic E-state index is -1.74. The summed E-state index contributed by atoms with van der Waals surface area (Å²) in [5, 5.41) is 0. The molecule has 0 amide bonds. The summed E-state index contributed by atoms with van der Waals surface area (Å²) in [5.74, 6) is -1.36. The van der Waals surface area contributed by atoms with Crippen LogP contribution in [0.15, 0.2) is 24.3 Å². The van der Waals surface area contributed by atoms with Crippen molar-refractivity contribution >= 4 is 17.3 Å². The number of carbonyl (C=O) groups is 1. The second-order valence-corrected chi connectivity index (χ2v) is 8.13. The van der Waals surface area contributed by atoms with Gasteiger partial charge in [0.25, 0.3) is 0 Å². The third kappa shape index (κ3) is 5.16. The van der Waals surface area contributed by atoms with E-state index in [2.05, 4.69) is 4.72 Å². The van der Waals surface area contributed by atoms with Crippen molar-refractivity contribution in [2.45, 2.75) is 44.4 Å². The summed E-state index contributed by atoms with van der Waals surface area (Å²) < 4.78 is 47.4. The highest BCUT2D eigenvalue weighted by molar-refractivity contribution is 7.90. The van der Waals surface area contributed by atoms with Crippen molar-refractivity contribution in [3.8, 4) is 0 Å². The molecule has 0 aliphatic heterocycles. The Kier molecular flexibility index (Phi) is 6.98. The topological polar surface area (TPSA) is 61.4 Å². The molecule has 0 aliphatic carbocycles. The van der Waals surface area contributed by atoms with Gasteiger partial charge in [-0.15, -0.1) is 4.72 Å². The van der Waals surface area contributed by atoms with Crippen LogP contribution in [0.25, 0.3) is 0 Å². The first-order valence-electron chi connectivity index (χ1n) is 7.32. The number of esters is 1. The molecule has 0 aromatic heterocycles. The molecule has 1 N–H and O–H groups in total. The zero-order chi connectivity index (χ0) is 17.7. The number of benzene rings is 1. The van der Waals surface area contributed by atoms with Crippen molar-refractivity contribution < 1.29 is 22.9 Å². The summed E-state index contributed by atoms with van der Waals surface area (Å²) in [4.78, 5) is 11.9. The molecule has 130 valence electrons. The number of ether oxygens (including phenoxy) is 1. The highest BCUT2D eigenvalue weighted by Crippen LogP contribution is 2.31. The number of carbonyl (C=O) groups excluding carboxylic acids is 1. The SMILES string of the molecule is CCOC(=O)C[C@](CF)(N[S+]([O-])C(C)(C)C)c1ccccc1F. The summed E-state index contributed by atoms with van der Waals surface area (Å²) in [7, 11) is 0. The third-order valence-corrected chi connectivity index (χ3v) is 4.90. The molecule has 7 heteroatoms. The number of rotatable bonds is 7. The molecular formula is C16H23F2NO3S. The van der Waals surface area contributed by atoms with Gasteiger partial charge in [-0.05, 0) is 33.8 Å². The number of hydrogen-bond donors (Lipinski definition) is 1. The summed E-state index contributed by atoms with van der Waals surface area (Å²) in [5.41, 5.74) is -1.79. The molecular weight excluding hydrogens is 324 g/mol. The monoisotopic (exact) mass is 347 g/mol. The fraction of sp³-hybridized carbons (Fsp3) is 0.562. The Balaban J connectivity index is 3.27. The Labute approximate surface area is 138 Å². The average molecular weight is 347 g/mol. The maximum absolute atomic E-state index is 14.2. The fourth-order valence-corrected chi connectivity index (χ4v) is 2.87. The summed E-state index contributed by atoms with van der Waals surface area (Å²) in [6.45, 7) is 5.74. The Bertz CT molecular complexity index is 536. The predicted molar refractivity (Wildman–Crippen MR) is 86.3 cm³/mol. The van der Waals surface area contributed by atoms with Gasteiger partial charge in [0.1, 0.15) is 22.8 Å². The Hall–Kier alpha value is -1.18. The van der Waals surface area contributed by atoms with Crippen molar-refractivity contribution in [3.63, 3.8) is 0 Å². The number of nitrogens with one attached hydrogen (secondary N) is 1. The van der Waals surface area contributed by atoms with Gasteiger partial charge in [0.15, 0.2) is 0 Å². The van der Waals surface area contributed by atoms with E-state index in [1.54, 1.807) is 27.7 Å². The summed E-state index contributed by atoms with van der Waals surface area (Å²) in [6.07, 6.45) is -0.458. The number of halogens is 2. The molecule has 4 nitrogen and oxygen atoms in total. The highest BCUT2D eigenvalue weighted by Gasteiger charge is 2.44. The van der Waals surface area contributed by atoms with Crippen molar-refractivity contribution in [2.75, 3.05) is 13.3 Å². The molecule has 0 aliphatic rings. The molecule has 23 heavy (non-hydrogen) atoms. The lowest BCUT2D eigenvalue weighted by Gasteiger charge is -2.35. The van der Waals surface area contributed by atoms with Gasteiger partial charge in [-0.1, -0.05) is 18.2 Å². The molecule has 0 bridgehead atoms. The van der Waals surface area contributed by atoms with Gasteiger partial charge in [-0.3, -0.25) is 4.79 Å². The van der Waals surface area contributed by atoms with Crippen LogP contribution in [0.3, 0.4) is 0 Å². The standard InChI is InChI=1S/C16H23F2NO3S/c1-5-22-14(20)10-16(11-17,19-23(21)15(2,3)4)12-8-6-7-9-13(12)18/h6-9,19H,5,10-11H2,1-4H3/t16-,23?/m1/s1. The third-order valence-electron chi connectivity index (χ3n) is 3.21. The van der Waals surface area contributed by atoms with E-state index in [9.17, 15) is 18.1 Å². The Morgan fingerprint density at radius 2 is 1.96 bits per heavy atom. The maximum atomic E-state index is 14.2. The van der Waals surface area contributed by atoms with Crippen LogP contribution in [0.1, 0.15) is 39.7 Å². The molecule has 0 radical (unpaired) electrons. The van der Waals surface area contributed by atoms with Gasteiger partial charge in [0, 0.05) is 16.9 Å². The van der Waals surface area contributed by atoms with E-state index in [1.165, 1.54) is 24.3 Å². The molecule has 1 unspecified atom stereocenters. The van der Waals surface area contributed by atoms with Crippen LogP contribution in [-0.4, -0.2) is 28.6 Å². The Morgan fingerprint density at radius 1 is 1.35 bits per heavy atom. The van der Waals surface area contributed by atoms with Crippen molar-refractivity contribution in [2.24, 2.45) is 0 Å². The van der Waals surface area contributed by atoms with Crippen LogP contribution in [0.2, 0.25) is 0 Å². The smallest absolute Gasteiger partial charge is 0.308 e. The highest BCUT2D eigenvalue weighted by atomic mass is 32.2. The fourth-order valence-electron chi connectivity index (χ4n) is 1.97. The molecule has 0 spiro atoms. The van der Waals surface area contributed by atoms with Crippen LogP contribution >= 0.6 is 0 Å². The van der Waals surface area contributed by atoms with Crippen LogP contribution in [0.5, 0.6) is 0 Å². The van der Waals surface area contributed by atoms with Gasteiger partial charge >= 0.3 is 5.97 Å². The number of alkyl halides is 1. The summed E-state index contributed by atoms with van der Waals surface area (Å²) in [6, 6.07) is 5.55. The zero-order valence-corrected chi connectivity index (χ0v) is 14.6. The molecule has 0 fully saturated rings. The molecule has 2 atom stereocenters. The minimum Gasteiger partial charge on any atom is -0.598 e. The van der Waals surface area contributed by atoms with Gasteiger partial charge in [-0.25, -0.2) is 8.78 Å². The van der Waals surface area contributed by atoms with E-state index < -0.39 is 46.5 Å². The van der Waals surface area contributed by atoms with Crippen LogP contribution in [0, 0.1) is 5.82 Å². The van der Waals surface area contributed by atoms with Crippen LogP contribution in [-0.2, 0) is 26.4 Å². The first-order valence-corrected chi connectivity index (χ1v) is 8.47. The first-order chi connectivity index (χ1) is 10.7. The van der Waals surface area contributed by atoms with Gasteiger partial charge in [-0.2, -0.15) is 0 Å². The predicted octanol–water partition coefficient (Wildman–Crippen LogP) is 3.00. The van der Waals surface area contributed by atoms with Crippen molar-refractivity contribution in [1.29, 1.82) is 0 Å².